The van der Waals surface area contributed by atoms with E-state index in [1.54, 1.807) is 6.08 Å². The molecule has 1 aliphatic carbocycles. The van der Waals surface area contributed by atoms with Crippen molar-refractivity contribution in [1.29, 1.82) is 0 Å². The van der Waals surface area contributed by atoms with E-state index < -0.39 is 0 Å². The van der Waals surface area contributed by atoms with Crippen LogP contribution in [-0.4, -0.2) is 11.8 Å². The smallest absolute Gasteiger partial charge is 0.177 e. The molecule has 1 atom stereocenters. The number of ketones is 1. The molecule has 0 radical (unpaired) electrons. The Morgan fingerprint density at radius 2 is 2.40 bits per heavy atom. The fraction of sp³-hybridized carbons (Fsp3) is 0.364. The number of rotatable bonds is 2. The second-order valence-electron chi connectivity index (χ2n) is 3.73. The summed E-state index contributed by atoms with van der Waals surface area (Å²) in [5.41, 5.74) is 1.58. The summed E-state index contributed by atoms with van der Waals surface area (Å²) in [7, 11) is 0. The Hall–Kier alpha value is -1.71. The van der Waals surface area contributed by atoms with Gasteiger partial charge in [-0.05, 0) is 29.7 Å². The van der Waals surface area contributed by atoms with Crippen LogP contribution in [0.3, 0.4) is 0 Å². The molecular formula is C11H12N2O2. The lowest BCUT2D eigenvalue weighted by atomic mass is 9.92. The number of nitrogens with one attached hydrogen (secondary N) is 1. The van der Waals surface area contributed by atoms with Crippen LogP contribution in [0, 0.1) is 4.91 Å². The minimum atomic E-state index is -0.144. The molecule has 2 aliphatic rings. The molecule has 0 spiro atoms. The number of allylic oxidation sites excluding steroid dienone is 3. The van der Waals surface area contributed by atoms with Crippen LogP contribution in [0.1, 0.15) is 19.8 Å². The summed E-state index contributed by atoms with van der Waals surface area (Å²) in [5, 5.41) is 5.95. The molecular weight excluding hydrogens is 192 g/mol. The van der Waals surface area contributed by atoms with Gasteiger partial charge in [-0.15, -0.1) is 4.91 Å². The second kappa shape index (κ2) is 3.81. The van der Waals surface area contributed by atoms with E-state index >= 15 is 0 Å². The highest BCUT2D eigenvalue weighted by Gasteiger charge is 2.24. The Kier molecular flexibility index (Phi) is 2.49. The molecule has 0 aromatic rings. The molecule has 1 heterocycles. The van der Waals surface area contributed by atoms with Crippen molar-refractivity contribution in [2.75, 3.05) is 0 Å². The quantitative estimate of drug-likeness (QED) is 0.698. The maximum Gasteiger partial charge on any atom is 0.177 e. The van der Waals surface area contributed by atoms with Crippen molar-refractivity contribution in [3.8, 4) is 0 Å². The normalized spacial score (nSPS) is 24.1. The molecule has 78 valence electrons. The van der Waals surface area contributed by atoms with Crippen molar-refractivity contribution in [1.82, 2.24) is 5.32 Å². The molecule has 1 unspecified atom stereocenters. The lowest BCUT2D eigenvalue weighted by Gasteiger charge is -2.28. The minimum absolute atomic E-state index is 0.144. The maximum absolute atomic E-state index is 11.3. The van der Waals surface area contributed by atoms with Crippen LogP contribution in [0.2, 0.25) is 0 Å². The molecule has 0 saturated carbocycles. The molecule has 0 aromatic heterocycles. The van der Waals surface area contributed by atoms with E-state index in [1.807, 2.05) is 6.08 Å². The molecule has 15 heavy (non-hydrogen) atoms. The summed E-state index contributed by atoms with van der Waals surface area (Å²) in [6.45, 7) is 1.44. The predicted molar refractivity (Wildman–Crippen MR) is 56.9 cm³/mol. The van der Waals surface area contributed by atoms with Gasteiger partial charge in [-0.1, -0.05) is 12.2 Å². The first-order valence-corrected chi connectivity index (χ1v) is 4.95. The zero-order chi connectivity index (χ0) is 10.8. The van der Waals surface area contributed by atoms with Crippen molar-refractivity contribution in [2.24, 2.45) is 5.18 Å². The number of hydrogen-bond acceptors (Lipinski definition) is 4. The van der Waals surface area contributed by atoms with Gasteiger partial charge in [0.1, 0.15) is 11.4 Å². The first-order chi connectivity index (χ1) is 7.22. The minimum Gasteiger partial charge on any atom is -0.373 e. The lowest BCUT2D eigenvalue weighted by molar-refractivity contribution is -0.114. The van der Waals surface area contributed by atoms with E-state index in [1.165, 1.54) is 6.92 Å². The summed E-state index contributed by atoms with van der Waals surface area (Å²) in [4.78, 5) is 21.9. The molecule has 4 nitrogen and oxygen atoms in total. The number of nitrogens with zero attached hydrogens (tertiary/aromatic N) is 1. The summed E-state index contributed by atoms with van der Waals surface area (Å²) in [5.74, 6) is -0.144. The summed E-state index contributed by atoms with van der Waals surface area (Å²) in [6, 6.07) is 0.152. The van der Waals surface area contributed by atoms with Crippen LogP contribution in [-0.2, 0) is 4.79 Å². The van der Waals surface area contributed by atoms with Gasteiger partial charge in [0, 0.05) is 6.92 Å². The van der Waals surface area contributed by atoms with Crippen LogP contribution in [0.15, 0.2) is 40.4 Å². The zero-order valence-corrected chi connectivity index (χ0v) is 8.49. The summed E-state index contributed by atoms with van der Waals surface area (Å²) < 4.78 is 0. The molecule has 1 N–H and O–H groups in total. The van der Waals surface area contributed by atoms with E-state index in [2.05, 4.69) is 16.6 Å². The van der Waals surface area contributed by atoms with Gasteiger partial charge in [0.2, 0.25) is 0 Å². The molecule has 4 heteroatoms. The molecule has 2 rings (SSSR count). The molecule has 0 fully saturated rings. The number of fused-ring (bicyclic) bond motifs is 1. The molecule has 1 aliphatic heterocycles. The number of nitroso groups, excluding NO2 is 1. The standard InChI is InChI=1S/C11H12N2O2/c1-7(14)11-10(13-15)6-8-4-2-3-5-9(8)12-11/h2,4,6,9,12H,3,5H2,1H3. The van der Waals surface area contributed by atoms with Gasteiger partial charge in [-0.3, -0.25) is 4.79 Å². The Balaban J connectivity index is 2.42. The van der Waals surface area contributed by atoms with E-state index in [4.69, 9.17) is 0 Å². The van der Waals surface area contributed by atoms with Gasteiger partial charge < -0.3 is 5.32 Å². The van der Waals surface area contributed by atoms with Gasteiger partial charge >= 0.3 is 0 Å². The molecule has 0 bridgehead atoms. The van der Waals surface area contributed by atoms with Gasteiger partial charge in [-0.2, -0.15) is 0 Å². The Bertz CT molecular complexity index is 405. The van der Waals surface area contributed by atoms with Crippen LogP contribution in [0.5, 0.6) is 0 Å². The zero-order valence-electron chi connectivity index (χ0n) is 8.49. The lowest BCUT2D eigenvalue weighted by Crippen LogP contribution is -2.36. The van der Waals surface area contributed by atoms with Crippen molar-refractivity contribution in [3.63, 3.8) is 0 Å². The van der Waals surface area contributed by atoms with Crippen molar-refractivity contribution < 1.29 is 4.79 Å². The number of hydrogen-bond donors (Lipinski definition) is 1. The average molecular weight is 204 g/mol. The first-order valence-electron chi connectivity index (χ1n) is 4.95. The van der Waals surface area contributed by atoms with Crippen molar-refractivity contribution >= 4 is 5.78 Å². The number of dihydropyridines is 1. The fourth-order valence-corrected chi connectivity index (χ4v) is 1.90. The number of Topliss-reactive ketones (excluding diaryl/α,β-unsaturated/α-hetero) is 1. The SMILES string of the molecule is CC(=O)C1=C(N=O)C=C2C=CCCC2N1. The first kappa shape index (κ1) is 9.83. The fourth-order valence-electron chi connectivity index (χ4n) is 1.90. The average Bonchev–Trinajstić information content (AvgIpc) is 2.27. The van der Waals surface area contributed by atoms with Crippen molar-refractivity contribution in [3.05, 3.63) is 40.1 Å². The Labute approximate surface area is 87.7 Å². The maximum atomic E-state index is 11.3. The van der Waals surface area contributed by atoms with Crippen LogP contribution < -0.4 is 5.32 Å². The van der Waals surface area contributed by atoms with Crippen LogP contribution in [0.25, 0.3) is 0 Å². The van der Waals surface area contributed by atoms with Gasteiger partial charge in [0.25, 0.3) is 0 Å². The van der Waals surface area contributed by atoms with Gasteiger partial charge in [0.15, 0.2) is 5.78 Å². The van der Waals surface area contributed by atoms with Crippen LogP contribution in [0.4, 0.5) is 0 Å². The second-order valence-corrected chi connectivity index (χ2v) is 3.73. The third kappa shape index (κ3) is 1.75. The van der Waals surface area contributed by atoms with Gasteiger partial charge in [0.05, 0.1) is 6.04 Å². The molecule has 0 aromatic carbocycles. The highest BCUT2D eigenvalue weighted by atomic mass is 16.3. The highest BCUT2D eigenvalue weighted by molar-refractivity contribution is 5.94. The largest absolute Gasteiger partial charge is 0.373 e. The number of carbonyl (C=O) groups is 1. The van der Waals surface area contributed by atoms with E-state index in [0.29, 0.717) is 5.70 Å². The Morgan fingerprint density at radius 3 is 3.07 bits per heavy atom. The topological polar surface area (TPSA) is 58.5 Å². The van der Waals surface area contributed by atoms with Crippen LogP contribution >= 0.6 is 0 Å². The monoisotopic (exact) mass is 204 g/mol. The van der Waals surface area contributed by atoms with E-state index in [0.717, 1.165) is 18.4 Å². The summed E-state index contributed by atoms with van der Waals surface area (Å²) >= 11 is 0. The highest BCUT2D eigenvalue weighted by Crippen LogP contribution is 2.25. The predicted octanol–water partition coefficient (Wildman–Crippen LogP) is 1.80. The molecule has 0 saturated heterocycles. The van der Waals surface area contributed by atoms with Crippen molar-refractivity contribution in [2.45, 2.75) is 25.8 Å². The third-order valence-electron chi connectivity index (χ3n) is 2.66. The third-order valence-corrected chi connectivity index (χ3v) is 2.66. The van der Waals surface area contributed by atoms with E-state index in [9.17, 15) is 9.70 Å². The Morgan fingerprint density at radius 1 is 1.60 bits per heavy atom. The van der Waals surface area contributed by atoms with E-state index in [-0.39, 0.29) is 17.5 Å². The summed E-state index contributed by atoms with van der Waals surface area (Å²) in [6.07, 6.45) is 7.67. The molecule has 0 amide bonds. The number of carbonyl (C=O) groups excluding carboxylic acids is 1. The van der Waals surface area contributed by atoms with Gasteiger partial charge in [-0.25, -0.2) is 0 Å².